The zero-order chi connectivity index (χ0) is 13.7. The topological polar surface area (TPSA) is 41.6 Å². The molecule has 1 N–H and O–H groups in total. The fraction of sp³-hybridized carbons (Fsp3) is 0.933. The van der Waals surface area contributed by atoms with Gasteiger partial charge in [-0.3, -0.25) is 4.79 Å². The highest BCUT2D eigenvalue weighted by Crippen LogP contribution is 2.26. The van der Waals surface area contributed by atoms with Crippen LogP contribution in [0, 0.1) is 5.92 Å². The van der Waals surface area contributed by atoms with Crippen LogP contribution < -0.4 is 5.32 Å². The minimum Gasteiger partial charge on any atom is -0.373 e. The third-order valence-electron chi connectivity index (χ3n) is 4.44. The summed E-state index contributed by atoms with van der Waals surface area (Å²) >= 11 is 0. The van der Waals surface area contributed by atoms with E-state index >= 15 is 0 Å². The number of ether oxygens (including phenoxy) is 1. The van der Waals surface area contributed by atoms with E-state index in [1.54, 1.807) is 0 Å². The molecule has 1 saturated carbocycles. The minimum absolute atomic E-state index is 0.110. The molecule has 2 fully saturated rings. The number of rotatable bonds is 4. The van der Waals surface area contributed by atoms with E-state index in [1.807, 2.05) is 0 Å². The van der Waals surface area contributed by atoms with Gasteiger partial charge >= 0.3 is 0 Å². The molecule has 4 heteroatoms. The van der Waals surface area contributed by atoms with Gasteiger partial charge in [-0.2, -0.15) is 0 Å². The van der Waals surface area contributed by atoms with Crippen LogP contribution >= 0.6 is 0 Å². The number of nitrogens with zero attached hydrogens (tertiary/aromatic N) is 1. The zero-order valence-corrected chi connectivity index (χ0v) is 12.4. The van der Waals surface area contributed by atoms with Gasteiger partial charge in [0, 0.05) is 19.5 Å². The van der Waals surface area contributed by atoms with E-state index in [9.17, 15) is 4.79 Å². The van der Waals surface area contributed by atoms with E-state index in [1.165, 1.54) is 32.1 Å². The Morgan fingerprint density at radius 1 is 1.37 bits per heavy atom. The monoisotopic (exact) mass is 268 g/mol. The van der Waals surface area contributed by atoms with Crippen LogP contribution in [0.2, 0.25) is 0 Å². The second kappa shape index (κ2) is 7.25. The molecule has 1 aliphatic heterocycles. The summed E-state index contributed by atoms with van der Waals surface area (Å²) in [4.78, 5) is 14.3. The Morgan fingerprint density at radius 2 is 2.11 bits per heavy atom. The van der Waals surface area contributed by atoms with Crippen molar-refractivity contribution in [3.8, 4) is 0 Å². The van der Waals surface area contributed by atoms with Gasteiger partial charge in [-0.15, -0.1) is 0 Å². The van der Waals surface area contributed by atoms with Crippen molar-refractivity contribution in [2.45, 2.75) is 57.6 Å². The molecule has 1 amide bonds. The highest BCUT2D eigenvalue weighted by atomic mass is 16.5. The van der Waals surface area contributed by atoms with Crippen molar-refractivity contribution in [2.24, 2.45) is 5.92 Å². The molecule has 2 atom stereocenters. The standard InChI is InChI=1S/C15H28N2O2/c1-12(14-11-17(2)8-9-19-14)16-15(18)10-13-6-4-3-5-7-13/h12-14H,3-11H2,1-2H3,(H,16,18). The quantitative estimate of drug-likeness (QED) is 0.845. The Kier molecular flexibility index (Phi) is 5.64. The molecule has 0 aromatic rings. The van der Waals surface area contributed by atoms with Gasteiger partial charge in [0.15, 0.2) is 0 Å². The molecular formula is C15H28N2O2. The number of morpholine rings is 1. The number of likely N-dealkylation sites (N-methyl/N-ethyl adjacent to an activating group) is 1. The Hall–Kier alpha value is -0.610. The van der Waals surface area contributed by atoms with Gasteiger partial charge in [0.1, 0.15) is 0 Å². The second-order valence-electron chi connectivity index (χ2n) is 6.24. The molecule has 110 valence electrons. The molecule has 2 unspecified atom stereocenters. The van der Waals surface area contributed by atoms with Crippen molar-refractivity contribution in [2.75, 3.05) is 26.7 Å². The second-order valence-corrected chi connectivity index (χ2v) is 6.24. The Bertz CT molecular complexity index is 290. The number of carbonyl (C=O) groups is 1. The van der Waals surface area contributed by atoms with E-state index in [4.69, 9.17) is 4.74 Å². The lowest BCUT2D eigenvalue weighted by Crippen LogP contribution is -2.51. The third-order valence-corrected chi connectivity index (χ3v) is 4.44. The number of nitrogens with one attached hydrogen (secondary N) is 1. The molecule has 0 radical (unpaired) electrons. The summed E-state index contributed by atoms with van der Waals surface area (Å²) in [5.41, 5.74) is 0. The SMILES string of the molecule is CC(NC(=O)CC1CCCCC1)C1CN(C)CCO1. The van der Waals surface area contributed by atoms with Gasteiger partial charge in [-0.25, -0.2) is 0 Å². The number of carbonyl (C=O) groups excluding carboxylic acids is 1. The van der Waals surface area contributed by atoms with E-state index in [2.05, 4.69) is 24.2 Å². The van der Waals surface area contributed by atoms with Crippen LogP contribution in [0.1, 0.15) is 45.4 Å². The van der Waals surface area contributed by atoms with Crippen molar-refractivity contribution in [1.82, 2.24) is 10.2 Å². The van der Waals surface area contributed by atoms with Crippen molar-refractivity contribution in [1.29, 1.82) is 0 Å². The average Bonchev–Trinajstić information content (AvgIpc) is 2.39. The first-order chi connectivity index (χ1) is 9.15. The Morgan fingerprint density at radius 3 is 2.79 bits per heavy atom. The van der Waals surface area contributed by atoms with Gasteiger partial charge in [-0.1, -0.05) is 19.3 Å². The van der Waals surface area contributed by atoms with Crippen molar-refractivity contribution >= 4 is 5.91 Å². The maximum atomic E-state index is 12.1. The first-order valence-corrected chi connectivity index (χ1v) is 7.74. The van der Waals surface area contributed by atoms with E-state index in [0.29, 0.717) is 12.3 Å². The third kappa shape index (κ3) is 4.77. The fourth-order valence-electron chi connectivity index (χ4n) is 3.17. The summed E-state index contributed by atoms with van der Waals surface area (Å²) in [6.45, 7) is 4.72. The Labute approximate surface area is 116 Å². The predicted octanol–water partition coefficient (Wildman–Crippen LogP) is 1.79. The van der Waals surface area contributed by atoms with Crippen molar-refractivity contribution in [3.05, 3.63) is 0 Å². The van der Waals surface area contributed by atoms with Crippen molar-refractivity contribution < 1.29 is 9.53 Å². The van der Waals surface area contributed by atoms with Crippen LogP contribution in [-0.2, 0) is 9.53 Å². The van der Waals surface area contributed by atoms with E-state index < -0.39 is 0 Å². The van der Waals surface area contributed by atoms with Crippen LogP contribution in [0.5, 0.6) is 0 Å². The first-order valence-electron chi connectivity index (χ1n) is 7.74. The van der Waals surface area contributed by atoms with E-state index in [0.717, 1.165) is 19.7 Å². The van der Waals surface area contributed by atoms with Gasteiger partial charge in [-0.05, 0) is 32.7 Å². The van der Waals surface area contributed by atoms with Crippen LogP contribution in [0.25, 0.3) is 0 Å². The molecule has 0 aromatic heterocycles. The summed E-state index contributed by atoms with van der Waals surface area (Å²) in [7, 11) is 2.10. The van der Waals surface area contributed by atoms with Crippen LogP contribution in [0.15, 0.2) is 0 Å². The van der Waals surface area contributed by atoms with Gasteiger partial charge in [0.25, 0.3) is 0 Å². The molecule has 2 rings (SSSR count). The smallest absolute Gasteiger partial charge is 0.220 e. The molecule has 0 bridgehead atoms. The highest BCUT2D eigenvalue weighted by molar-refractivity contribution is 5.76. The predicted molar refractivity (Wildman–Crippen MR) is 76.0 cm³/mol. The largest absolute Gasteiger partial charge is 0.373 e. The summed E-state index contributed by atoms with van der Waals surface area (Å²) in [6, 6.07) is 0.110. The molecule has 2 aliphatic rings. The lowest BCUT2D eigenvalue weighted by molar-refractivity contribution is -0.124. The summed E-state index contributed by atoms with van der Waals surface area (Å²) in [6.07, 6.45) is 7.22. The van der Waals surface area contributed by atoms with Crippen LogP contribution in [-0.4, -0.2) is 49.7 Å². The number of hydrogen-bond donors (Lipinski definition) is 1. The van der Waals surface area contributed by atoms with Gasteiger partial charge in [0.05, 0.1) is 18.8 Å². The normalized spacial score (nSPS) is 28.0. The lowest BCUT2D eigenvalue weighted by Gasteiger charge is -2.34. The fourth-order valence-corrected chi connectivity index (χ4v) is 3.17. The number of amides is 1. The van der Waals surface area contributed by atoms with E-state index in [-0.39, 0.29) is 18.1 Å². The Balaban J connectivity index is 1.71. The minimum atomic E-state index is 0.110. The first kappa shape index (κ1) is 14.8. The van der Waals surface area contributed by atoms with Gasteiger partial charge < -0.3 is 15.0 Å². The molecule has 0 aromatic carbocycles. The molecule has 19 heavy (non-hydrogen) atoms. The van der Waals surface area contributed by atoms with Crippen LogP contribution in [0.4, 0.5) is 0 Å². The van der Waals surface area contributed by atoms with Gasteiger partial charge in [0.2, 0.25) is 5.91 Å². The average molecular weight is 268 g/mol. The highest BCUT2D eigenvalue weighted by Gasteiger charge is 2.25. The molecular weight excluding hydrogens is 240 g/mol. The summed E-state index contributed by atoms with van der Waals surface area (Å²) in [5.74, 6) is 0.812. The maximum Gasteiger partial charge on any atom is 0.220 e. The molecule has 1 aliphatic carbocycles. The van der Waals surface area contributed by atoms with Crippen molar-refractivity contribution in [3.63, 3.8) is 0 Å². The molecule has 4 nitrogen and oxygen atoms in total. The molecule has 0 spiro atoms. The zero-order valence-electron chi connectivity index (χ0n) is 12.4. The lowest BCUT2D eigenvalue weighted by atomic mass is 9.87. The summed E-state index contributed by atoms with van der Waals surface area (Å²) in [5, 5.41) is 3.13. The maximum absolute atomic E-state index is 12.1. The molecule has 1 saturated heterocycles. The number of hydrogen-bond acceptors (Lipinski definition) is 3. The van der Waals surface area contributed by atoms with Crippen LogP contribution in [0.3, 0.4) is 0 Å². The molecule has 1 heterocycles. The summed E-state index contributed by atoms with van der Waals surface area (Å²) < 4.78 is 5.74.